The van der Waals surface area contributed by atoms with Crippen molar-refractivity contribution in [3.05, 3.63) is 29.0 Å². The van der Waals surface area contributed by atoms with Gasteiger partial charge in [-0.05, 0) is 43.9 Å². The van der Waals surface area contributed by atoms with Crippen LogP contribution in [0.5, 0.6) is 0 Å². The number of benzene rings is 1. The van der Waals surface area contributed by atoms with E-state index in [1.807, 2.05) is 6.07 Å². The van der Waals surface area contributed by atoms with Crippen LogP contribution in [0.25, 0.3) is 11.4 Å². The molecule has 1 fully saturated rings. The molecule has 7 heteroatoms. The van der Waals surface area contributed by atoms with E-state index in [-0.39, 0.29) is 5.91 Å². The van der Waals surface area contributed by atoms with Crippen LogP contribution in [0.15, 0.2) is 18.2 Å². The highest BCUT2D eigenvalue weighted by molar-refractivity contribution is 6.33. The van der Waals surface area contributed by atoms with E-state index < -0.39 is 5.41 Å². The normalized spacial score (nSPS) is 18.6. The molecule has 1 aliphatic carbocycles. The number of nitriles is 1. The Hall–Kier alpha value is -2.39. The van der Waals surface area contributed by atoms with E-state index in [1.54, 1.807) is 12.1 Å². The zero-order valence-electron chi connectivity index (χ0n) is 15.9. The molecule has 0 bridgehead atoms. The number of hydrogen-bond donors (Lipinski definition) is 1. The van der Waals surface area contributed by atoms with Crippen molar-refractivity contribution in [1.82, 2.24) is 14.8 Å². The van der Waals surface area contributed by atoms with E-state index in [4.69, 9.17) is 11.6 Å². The van der Waals surface area contributed by atoms with E-state index in [2.05, 4.69) is 26.2 Å². The number of carbonyl (C=O) groups is 1. The summed E-state index contributed by atoms with van der Waals surface area (Å²) in [5, 5.41) is 21.9. The molecular weight excluding hydrogens is 374 g/mol. The molecule has 0 atom stereocenters. The summed E-state index contributed by atoms with van der Waals surface area (Å²) >= 11 is 6.46. The van der Waals surface area contributed by atoms with E-state index in [1.165, 1.54) is 6.42 Å². The quantitative estimate of drug-likeness (QED) is 0.810. The average molecular weight is 398 g/mol. The Morgan fingerprint density at radius 3 is 2.71 bits per heavy atom. The van der Waals surface area contributed by atoms with Crippen LogP contribution in [0, 0.1) is 16.7 Å². The summed E-state index contributed by atoms with van der Waals surface area (Å²) in [5.41, 5.74) is 0.467. The van der Waals surface area contributed by atoms with Crippen LogP contribution in [-0.2, 0) is 17.8 Å². The molecule has 146 valence electrons. The minimum absolute atomic E-state index is 0.219. The number of fused-ring (bicyclic) bond motifs is 1. The molecule has 1 amide bonds. The Labute approximate surface area is 169 Å². The van der Waals surface area contributed by atoms with Crippen molar-refractivity contribution in [2.24, 2.45) is 5.41 Å². The summed E-state index contributed by atoms with van der Waals surface area (Å²) < 4.78 is 2.14. The van der Waals surface area contributed by atoms with Crippen molar-refractivity contribution < 1.29 is 4.79 Å². The van der Waals surface area contributed by atoms with Crippen molar-refractivity contribution in [2.45, 2.75) is 64.3 Å². The first-order chi connectivity index (χ1) is 13.6. The number of aryl methyl sites for hydroxylation is 1. The van der Waals surface area contributed by atoms with E-state index >= 15 is 0 Å². The van der Waals surface area contributed by atoms with E-state index in [0.29, 0.717) is 23.6 Å². The Morgan fingerprint density at radius 2 is 1.93 bits per heavy atom. The molecule has 0 radical (unpaired) electrons. The third-order valence-corrected chi connectivity index (χ3v) is 6.26. The Bertz CT molecular complexity index is 923. The smallest absolute Gasteiger partial charge is 0.244 e. The fourth-order valence-corrected chi connectivity index (χ4v) is 4.46. The third-order valence-electron chi connectivity index (χ3n) is 5.93. The van der Waals surface area contributed by atoms with Gasteiger partial charge in [0.05, 0.1) is 11.1 Å². The lowest BCUT2D eigenvalue weighted by atomic mass is 9.74. The molecule has 2 aliphatic rings. The summed E-state index contributed by atoms with van der Waals surface area (Å²) in [6, 6.07) is 7.66. The van der Waals surface area contributed by atoms with Crippen molar-refractivity contribution in [3.63, 3.8) is 0 Å². The first-order valence-electron chi connectivity index (χ1n) is 10.1. The van der Waals surface area contributed by atoms with Crippen LogP contribution >= 0.6 is 11.6 Å². The molecule has 2 heterocycles. The van der Waals surface area contributed by atoms with E-state index in [0.717, 1.165) is 62.3 Å². The predicted molar refractivity (Wildman–Crippen MR) is 108 cm³/mol. The van der Waals surface area contributed by atoms with Crippen LogP contribution in [0.4, 0.5) is 5.69 Å². The Morgan fingerprint density at radius 1 is 1.14 bits per heavy atom. The molecule has 0 spiro atoms. The van der Waals surface area contributed by atoms with Crippen molar-refractivity contribution >= 4 is 23.2 Å². The number of carbonyl (C=O) groups excluding carboxylic acids is 1. The maximum absolute atomic E-state index is 12.9. The van der Waals surface area contributed by atoms with Gasteiger partial charge >= 0.3 is 0 Å². The molecule has 2 aromatic rings. The predicted octanol–water partition coefficient (Wildman–Crippen LogP) is 4.74. The minimum Gasteiger partial charge on any atom is -0.325 e. The summed E-state index contributed by atoms with van der Waals surface area (Å²) in [6.45, 7) is 0.877. The van der Waals surface area contributed by atoms with Crippen LogP contribution in [0.3, 0.4) is 0 Å². The molecule has 0 saturated heterocycles. The van der Waals surface area contributed by atoms with Crippen molar-refractivity contribution in [3.8, 4) is 17.5 Å². The van der Waals surface area contributed by atoms with Gasteiger partial charge in [-0.1, -0.05) is 37.3 Å². The molecule has 1 N–H and O–H groups in total. The number of aromatic nitrogens is 3. The summed E-state index contributed by atoms with van der Waals surface area (Å²) in [4.78, 5) is 12.9. The highest BCUT2D eigenvalue weighted by Gasteiger charge is 2.39. The topological polar surface area (TPSA) is 83.6 Å². The molecule has 1 aromatic carbocycles. The largest absolute Gasteiger partial charge is 0.325 e. The zero-order chi connectivity index (χ0) is 19.6. The average Bonchev–Trinajstić information content (AvgIpc) is 2.97. The highest BCUT2D eigenvalue weighted by atomic mass is 35.5. The molecule has 1 aliphatic heterocycles. The molecule has 4 rings (SSSR count). The second-order valence-corrected chi connectivity index (χ2v) is 8.21. The minimum atomic E-state index is -0.927. The number of anilines is 1. The van der Waals surface area contributed by atoms with Gasteiger partial charge in [0.1, 0.15) is 11.2 Å². The zero-order valence-corrected chi connectivity index (χ0v) is 16.6. The lowest BCUT2D eigenvalue weighted by Crippen LogP contribution is -2.36. The number of rotatable bonds is 3. The van der Waals surface area contributed by atoms with Gasteiger partial charge in [-0.2, -0.15) is 5.26 Å². The molecule has 0 unspecified atom stereocenters. The fraction of sp³-hybridized carbons (Fsp3) is 0.524. The number of amides is 1. The third kappa shape index (κ3) is 3.51. The van der Waals surface area contributed by atoms with Gasteiger partial charge in [0.25, 0.3) is 0 Å². The van der Waals surface area contributed by atoms with Gasteiger partial charge in [-0.15, -0.1) is 10.2 Å². The Kier molecular flexibility index (Phi) is 5.36. The monoisotopic (exact) mass is 397 g/mol. The summed E-state index contributed by atoms with van der Waals surface area (Å²) in [5.74, 6) is 1.51. The SMILES string of the molecule is N#CC1(C(=O)Nc2ccc(Cl)c(-c3nnc4n3CCCCC4)c2)CCCCC1. The fourth-order valence-electron chi connectivity index (χ4n) is 4.25. The summed E-state index contributed by atoms with van der Waals surface area (Å²) in [7, 11) is 0. The lowest BCUT2D eigenvalue weighted by Gasteiger charge is -2.29. The summed E-state index contributed by atoms with van der Waals surface area (Å²) in [6.07, 6.45) is 8.47. The number of nitrogens with zero attached hydrogens (tertiary/aromatic N) is 4. The lowest BCUT2D eigenvalue weighted by molar-refractivity contribution is -0.124. The number of halogens is 1. The van der Waals surface area contributed by atoms with Crippen LogP contribution in [-0.4, -0.2) is 20.7 Å². The number of nitrogens with one attached hydrogen (secondary N) is 1. The van der Waals surface area contributed by atoms with Crippen molar-refractivity contribution in [2.75, 3.05) is 5.32 Å². The van der Waals surface area contributed by atoms with Gasteiger partial charge in [0.2, 0.25) is 5.91 Å². The molecule has 1 saturated carbocycles. The van der Waals surface area contributed by atoms with Crippen molar-refractivity contribution in [1.29, 1.82) is 5.26 Å². The maximum Gasteiger partial charge on any atom is 0.244 e. The van der Waals surface area contributed by atoms with Gasteiger partial charge in [0, 0.05) is 24.2 Å². The second-order valence-electron chi connectivity index (χ2n) is 7.81. The highest BCUT2D eigenvalue weighted by Crippen LogP contribution is 2.37. The number of hydrogen-bond acceptors (Lipinski definition) is 4. The van der Waals surface area contributed by atoms with Crippen LogP contribution in [0.2, 0.25) is 5.02 Å². The maximum atomic E-state index is 12.9. The first-order valence-corrected chi connectivity index (χ1v) is 10.5. The Balaban J connectivity index is 1.62. The molecule has 6 nitrogen and oxygen atoms in total. The van der Waals surface area contributed by atoms with Gasteiger partial charge in [-0.25, -0.2) is 0 Å². The molecular formula is C21H24ClN5O. The molecule has 1 aromatic heterocycles. The van der Waals surface area contributed by atoms with Gasteiger partial charge < -0.3 is 9.88 Å². The van der Waals surface area contributed by atoms with Gasteiger partial charge in [0.15, 0.2) is 5.82 Å². The second kappa shape index (κ2) is 7.92. The molecule has 28 heavy (non-hydrogen) atoms. The van der Waals surface area contributed by atoms with Gasteiger partial charge in [-0.3, -0.25) is 4.79 Å². The van der Waals surface area contributed by atoms with Crippen LogP contribution in [0.1, 0.15) is 57.2 Å². The van der Waals surface area contributed by atoms with E-state index in [9.17, 15) is 10.1 Å². The van der Waals surface area contributed by atoms with Crippen LogP contribution < -0.4 is 5.32 Å². The first kappa shape index (κ1) is 18.9. The standard InChI is InChI=1S/C21H24ClN5O/c22-17-9-8-15(24-20(28)21(14-23)10-4-2-5-11-21)13-16(17)19-26-25-18-7-3-1-6-12-27(18)19/h8-9,13H,1-7,10-12H2,(H,24,28).